The fourth-order valence-electron chi connectivity index (χ4n) is 2.21. The van der Waals surface area contributed by atoms with Gasteiger partial charge in [0.2, 0.25) is 0 Å². The Hall–Kier alpha value is -0.960. The molecule has 0 saturated carbocycles. The zero-order valence-corrected chi connectivity index (χ0v) is 11.9. The number of aliphatic hydroxyl groups excluding tert-OH is 1. The highest BCUT2D eigenvalue weighted by Crippen LogP contribution is 2.15. The predicted octanol–water partition coefficient (Wildman–Crippen LogP) is -0.891. The Morgan fingerprint density at radius 2 is 2.11 bits per heavy atom. The molecule has 1 N–H and O–H groups in total. The maximum absolute atomic E-state index is 12.4. The van der Waals surface area contributed by atoms with Crippen molar-refractivity contribution in [3.63, 3.8) is 0 Å². The van der Waals surface area contributed by atoms with Crippen molar-refractivity contribution in [3.05, 3.63) is 12.5 Å². The molecule has 0 spiro atoms. The Bertz CT molecular complexity index is 514. The van der Waals surface area contributed by atoms with Crippen molar-refractivity contribution in [1.29, 1.82) is 0 Å². The van der Waals surface area contributed by atoms with E-state index in [-0.39, 0.29) is 11.6 Å². The molecule has 7 nitrogen and oxygen atoms in total. The van der Waals surface area contributed by atoms with Crippen LogP contribution in [-0.2, 0) is 17.1 Å². The molecule has 0 amide bonds. The molecule has 0 aromatic carbocycles. The summed E-state index contributed by atoms with van der Waals surface area (Å²) in [7, 11) is -1.74. The highest BCUT2D eigenvalue weighted by Gasteiger charge is 2.28. The quantitative estimate of drug-likeness (QED) is 0.777. The minimum atomic E-state index is -3.49. The van der Waals surface area contributed by atoms with E-state index in [2.05, 4.69) is 9.88 Å². The van der Waals surface area contributed by atoms with Gasteiger partial charge in [0.15, 0.2) is 5.03 Å². The van der Waals surface area contributed by atoms with Gasteiger partial charge in [-0.1, -0.05) is 0 Å². The first-order valence-corrected chi connectivity index (χ1v) is 7.79. The van der Waals surface area contributed by atoms with E-state index >= 15 is 0 Å². The van der Waals surface area contributed by atoms with Crippen molar-refractivity contribution < 1.29 is 13.5 Å². The maximum atomic E-state index is 12.4. The number of aliphatic hydroxyl groups is 1. The first kappa shape index (κ1) is 14.4. The van der Waals surface area contributed by atoms with Gasteiger partial charge in [0.05, 0.1) is 12.9 Å². The molecule has 108 valence electrons. The molecule has 1 aliphatic heterocycles. The molecule has 2 rings (SSSR count). The largest absolute Gasteiger partial charge is 0.395 e. The minimum Gasteiger partial charge on any atom is -0.395 e. The second kappa shape index (κ2) is 6.00. The number of aromatic nitrogens is 2. The lowest BCUT2D eigenvalue weighted by atomic mass is 10.4. The lowest BCUT2D eigenvalue weighted by Crippen LogP contribution is -2.36. The van der Waals surface area contributed by atoms with Crippen LogP contribution in [0.5, 0.6) is 0 Å². The van der Waals surface area contributed by atoms with E-state index in [9.17, 15) is 8.42 Å². The monoisotopic (exact) mass is 288 g/mol. The molecule has 1 aromatic rings. The molecule has 0 radical (unpaired) electrons. The average molecular weight is 288 g/mol. The van der Waals surface area contributed by atoms with Gasteiger partial charge >= 0.3 is 0 Å². The normalized spacial score (nSPS) is 19.5. The number of β-amino-alcohol motifs (C(OH)–C–C–N with tert-alkyl or cyclic N) is 1. The first-order valence-electron chi connectivity index (χ1n) is 6.35. The predicted molar refractivity (Wildman–Crippen MR) is 70.1 cm³/mol. The third-order valence-electron chi connectivity index (χ3n) is 3.25. The Labute approximate surface area is 113 Å². The van der Waals surface area contributed by atoms with E-state index in [0.29, 0.717) is 26.2 Å². The fourth-order valence-corrected chi connectivity index (χ4v) is 3.64. The SMILES string of the molecule is Cn1cnc(S(=O)(=O)N2CCCN(CCO)CC2)c1. The van der Waals surface area contributed by atoms with Crippen LogP contribution in [-0.4, -0.2) is 71.6 Å². The number of imidazole rings is 1. The number of aryl methyl sites for hydroxylation is 1. The summed E-state index contributed by atoms with van der Waals surface area (Å²) in [6.45, 7) is 3.10. The van der Waals surface area contributed by atoms with Crippen LogP contribution in [0.4, 0.5) is 0 Å². The van der Waals surface area contributed by atoms with Crippen LogP contribution in [0, 0.1) is 0 Å². The van der Waals surface area contributed by atoms with Gasteiger partial charge in [-0.05, 0) is 13.0 Å². The van der Waals surface area contributed by atoms with Crippen molar-refractivity contribution in [2.45, 2.75) is 11.4 Å². The minimum absolute atomic E-state index is 0.102. The third kappa shape index (κ3) is 3.33. The van der Waals surface area contributed by atoms with E-state index < -0.39 is 10.0 Å². The molecule has 8 heteroatoms. The van der Waals surface area contributed by atoms with Crippen LogP contribution in [0.25, 0.3) is 0 Å². The molecular formula is C11H20N4O3S. The zero-order valence-electron chi connectivity index (χ0n) is 11.1. The topological polar surface area (TPSA) is 78.7 Å². The van der Waals surface area contributed by atoms with Crippen molar-refractivity contribution in [2.24, 2.45) is 7.05 Å². The van der Waals surface area contributed by atoms with Gasteiger partial charge in [0.1, 0.15) is 0 Å². The van der Waals surface area contributed by atoms with Gasteiger partial charge in [-0.2, -0.15) is 4.31 Å². The van der Waals surface area contributed by atoms with Crippen molar-refractivity contribution >= 4 is 10.0 Å². The molecular weight excluding hydrogens is 268 g/mol. The highest BCUT2D eigenvalue weighted by molar-refractivity contribution is 7.89. The fraction of sp³-hybridized carbons (Fsp3) is 0.727. The molecule has 0 unspecified atom stereocenters. The van der Waals surface area contributed by atoms with E-state index in [1.54, 1.807) is 11.6 Å². The van der Waals surface area contributed by atoms with E-state index in [1.807, 2.05) is 0 Å². The summed E-state index contributed by atoms with van der Waals surface area (Å²) in [5.41, 5.74) is 0. The molecule has 19 heavy (non-hydrogen) atoms. The van der Waals surface area contributed by atoms with Gasteiger partial charge in [0, 0.05) is 39.4 Å². The molecule has 0 aliphatic carbocycles. The molecule has 2 heterocycles. The Kier molecular flexibility index (Phi) is 4.56. The van der Waals surface area contributed by atoms with Crippen molar-refractivity contribution in [2.75, 3.05) is 39.3 Å². The summed E-state index contributed by atoms with van der Waals surface area (Å²) in [6.07, 6.45) is 3.78. The summed E-state index contributed by atoms with van der Waals surface area (Å²) in [6, 6.07) is 0. The van der Waals surface area contributed by atoms with Crippen molar-refractivity contribution in [3.8, 4) is 0 Å². The standard InChI is InChI=1S/C11H20N4O3S/c1-13-9-11(12-10-13)19(17,18)15-4-2-3-14(5-6-15)7-8-16/h9-10,16H,2-8H2,1H3. The van der Waals surface area contributed by atoms with Gasteiger partial charge in [-0.15, -0.1) is 0 Å². The van der Waals surface area contributed by atoms with Gasteiger partial charge < -0.3 is 9.67 Å². The lowest BCUT2D eigenvalue weighted by Gasteiger charge is -2.20. The van der Waals surface area contributed by atoms with E-state index in [4.69, 9.17) is 5.11 Å². The molecule has 0 bridgehead atoms. The van der Waals surface area contributed by atoms with Crippen LogP contribution in [0.2, 0.25) is 0 Å². The Morgan fingerprint density at radius 3 is 2.74 bits per heavy atom. The summed E-state index contributed by atoms with van der Waals surface area (Å²) in [5.74, 6) is 0. The van der Waals surface area contributed by atoms with Crippen LogP contribution in [0.3, 0.4) is 0 Å². The van der Waals surface area contributed by atoms with Crippen molar-refractivity contribution in [1.82, 2.24) is 18.8 Å². The number of rotatable bonds is 4. The average Bonchev–Trinajstić information content (AvgIpc) is 2.66. The molecule has 0 atom stereocenters. The van der Waals surface area contributed by atoms with Gasteiger partial charge in [0.25, 0.3) is 10.0 Å². The molecule has 1 fully saturated rings. The third-order valence-corrected chi connectivity index (χ3v) is 5.03. The van der Waals surface area contributed by atoms with Gasteiger partial charge in [-0.25, -0.2) is 13.4 Å². The summed E-state index contributed by atoms with van der Waals surface area (Å²) < 4.78 is 27.9. The molecule has 1 aliphatic rings. The second-order valence-corrected chi connectivity index (χ2v) is 6.59. The number of nitrogens with zero attached hydrogens (tertiary/aromatic N) is 4. The summed E-state index contributed by atoms with van der Waals surface area (Å²) in [4.78, 5) is 6.01. The second-order valence-electron chi connectivity index (χ2n) is 4.70. The number of hydrogen-bond donors (Lipinski definition) is 1. The number of sulfonamides is 1. The maximum Gasteiger partial charge on any atom is 0.262 e. The molecule has 1 saturated heterocycles. The van der Waals surface area contributed by atoms with Crippen LogP contribution in [0.1, 0.15) is 6.42 Å². The van der Waals surface area contributed by atoms with Crippen LogP contribution in [0.15, 0.2) is 17.6 Å². The molecule has 1 aromatic heterocycles. The van der Waals surface area contributed by atoms with Crippen LogP contribution >= 0.6 is 0 Å². The Morgan fingerprint density at radius 1 is 1.32 bits per heavy atom. The highest BCUT2D eigenvalue weighted by atomic mass is 32.2. The lowest BCUT2D eigenvalue weighted by molar-refractivity contribution is 0.202. The zero-order chi connectivity index (χ0) is 13.9. The summed E-state index contributed by atoms with van der Waals surface area (Å²) in [5, 5.41) is 9.03. The first-order chi connectivity index (χ1) is 9.04. The smallest absolute Gasteiger partial charge is 0.262 e. The van der Waals surface area contributed by atoms with E-state index in [1.165, 1.54) is 16.8 Å². The van der Waals surface area contributed by atoms with Gasteiger partial charge in [-0.3, -0.25) is 4.90 Å². The summed E-state index contributed by atoms with van der Waals surface area (Å²) >= 11 is 0. The Balaban J connectivity index is 2.09. The van der Waals surface area contributed by atoms with Crippen LogP contribution < -0.4 is 0 Å². The van der Waals surface area contributed by atoms with E-state index in [0.717, 1.165) is 13.0 Å². The number of hydrogen-bond acceptors (Lipinski definition) is 5.